The number of anilines is 1. The summed E-state index contributed by atoms with van der Waals surface area (Å²) in [5.41, 5.74) is 5.62. The van der Waals surface area contributed by atoms with Crippen molar-refractivity contribution in [3.63, 3.8) is 0 Å². The van der Waals surface area contributed by atoms with E-state index in [9.17, 15) is 4.79 Å². The standard InChI is InChI=1S/C5H7N3O/c1-3-2-4(9)5(6)8-7-3/h2H,1H3,(H2,6,8)(H,7,9). The molecule has 4 heteroatoms. The Bertz CT molecular complexity index is 265. The molecule has 1 rings (SSSR count). The molecule has 0 unspecified atom stereocenters. The quantitative estimate of drug-likeness (QED) is 0.498. The summed E-state index contributed by atoms with van der Waals surface area (Å²) in [4.78, 5) is 10.6. The van der Waals surface area contributed by atoms with Crippen molar-refractivity contribution >= 4 is 5.82 Å². The molecular formula is C5H7N3O. The number of aromatic amines is 1. The van der Waals surface area contributed by atoms with Crippen molar-refractivity contribution in [1.29, 1.82) is 0 Å². The molecule has 0 fully saturated rings. The Labute approximate surface area is 51.7 Å². The van der Waals surface area contributed by atoms with E-state index in [1.54, 1.807) is 6.92 Å². The smallest absolute Gasteiger partial charge is 0.224 e. The molecule has 0 radical (unpaired) electrons. The molecule has 0 aliphatic carbocycles. The maximum Gasteiger partial charge on any atom is 0.224 e. The number of rotatable bonds is 0. The van der Waals surface area contributed by atoms with Gasteiger partial charge >= 0.3 is 0 Å². The summed E-state index contributed by atoms with van der Waals surface area (Å²) in [7, 11) is 0. The summed E-state index contributed by atoms with van der Waals surface area (Å²) in [6.07, 6.45) is 0. The average Bonchev–Trinajstić information content (AvgIpc) is 1.80. The van der Waals surface area contributed by atoms with Crippen LogP contribution in [0.2, 0.25) is 0 Å². The van der Waals surface area contributed by atoms with Crippen molar-refractivity contribution in [2.75, 3.05) is 5.73 Å². The molecule has 3 N–H and O–H groups in total. The molecular weight excluding hydrogens is 118 g/mol. The molecule has 0 bridgehead atoms. The normalized spacial score (nSPS) is 9.44. The van der Waals surface area contributed by atoms with E-state index in [1.165, 1.54) is 6.07 Å². The summed E-state index contributed by atoms with van der Waals surface area (Å²) in [6.45, 7) is 1.74. The number of H-pyrrole nitrogens is 1. The van der Waals surface area contributed by atoms with E-state index < -0.39 is 0 Å². The Kier molecular flexibility index (Phi) is 1.22. The Morgan fingerprint density at radius 2 is 2.44 bits per heavy atom. The monoisotopic (exact) mass is 125 g/mol. The first kappa shape index (κ1) is 5.81. The molecule has 0 saturated heterocycles. The lowest BCUT2D eigenvalue weighted by atomic mass is 10.4. The van der Waals surface area contributed by atoms with Crippen molar-refractivity contribution in [3.8, 4) is 0 Å². The average molecular weight is 125 g/mol. The van der Waals surface area contributed by atoms with Gasteiger partial charge in [-0.3, -0.25) is 9.89 Å². The molecule has 0 aromatic carbocycles. The highest BCUT2D eigenvalue weighted by atomic mass is 16.1. The summed E-state index contributed by atoms with van der Waals surface area (Å²) in [6, 6.07) is 1.41. The minimum Gasteiger partial charge on any atom is -0.379 e. The van der Waals surface area contributed by atoms with Gasteiger partial charge < -0.3 is 5.73 Å². The van der Waals surface area contributed by atoms with Crippen LogP contribution < -0.4 is 11.2 Å². The molecule has 0 atom stereocenters. The van der Waals surface area contributed by atoms with Crippen LogP contribution in [0.3, 0.4) is 0 Å². The van der Waals surface area contributed by atoms with E-state index in [2.05, 4.69) is 10.2 Å². The van der Waals surface area contributed by atoms with E-state index in [0.29, 0.717) is 5.69 Å². The highest BCUT2D eigenvalue weighted by molar-refractivity contribution is 5.25. The number of aromatic nitrogens is 2. The third-order valence-corrected chi connectivity index (χ3v) is 0.953. The minimum absolute atomic E-state index is 0.0144. The molecule has 0 spiro atoms. The van der Waals surface area contributed by atoms with Crippen LogP contribution in [-0.2, 0) is 0 Å². The van der Waals surface area contributed by atoms with E-state index in [1.807, 2.05) is 0 Å². The lowest BCUT2D eigenvalue weighted by Gasteiger charge is -1.90. The van der Waals surface area contributed by atoms with Crippen molar-refractivity contribution in [2.45, 2.75) is 6.92 Å². The van der Waals surface area contributed by atoms with E-state index in [-0.39, 0.29) is 11.2 Å². The highest BCUT2D eigenvalue weighted by Crippen LogP contribution is 1.84. The van der Waals surface area contributed by atoms with E-state index in [0.717, 1.165) is 0 Å². The second-order valence-corrected chi connectivity index (χ2v) is 1.80. The van der Waals surface area contributed by atoms with Gasteiger partial charge in [0.15, 0.2) is 5.82 Å². The van der Waals surface area contributed by atoms with Crippen LogP contribution in [0, 0.1) is 6.92 Å². The first-order chi connectivity index (χ1) is 4.20. The molecule has 0 saturated carbocycles. The predicted octanol–water partition coefficient (Wildman–Crippen LogP) is -0.339. The van der Waals surface area contributed by atoms with Gasteiger partial charge in [-0.2, -0.15) is 5.10 Å². The molecule has 1 aromatic rings. The molecule has 0 aliphatic rings. The number of aryl methyl sites for hydroxylation is 1. The van der Waals surface area contributed by atoms with Gasteiger partial charge in [0.25, 0.3) is 0 Å². The summed E-state index contributed by atoms with van der Waals surface area (Å²) in [5.74, 6) is 0.0144. The van der Waals surface area contributed by atoms with Gasteiger partial charge in [-0.1, -0.05) is 0 Å². The fraction of sp³-hybridized carbons (Fsp3) is 0.200. The van der Waals surface area contributed by atoms with Gasteiger partial charge in [0.2, 0.25) is 5.43 Å². The molecule has 0 aliphatic heterocycles. The van der Waals surface area contributed by atoms with Gasteiger partial charge in [0.05, 0.1) is 0 Å². The first-order valence-corrected chi connectivity index (χ1v) is 2.52. The molecule has 48 valence electrons. The van der Waals surface area contributed by atoms with Crippen LogP contribution >= 0.6 is 0 Å². The second kappa shape index (κ2) is 1.89. The maximum absolute atomic E-state index is 10.6. The van der Waals surface area contributed by atoms with Crippen LogP contribution in [0.25, 0.3) is 0 Å². The lowest BCUT2D eigenvalue weighted by Crippen LogP contribution is -2.11. The Morgan fingerprint density at radius 1 is 1.78 bits per heavy atom. The van der Waals surface area contributed by atoms with Crippen LogP contribution in [0.15, 0.2) is 10.9 Å². The van der Waals surface area contributed by atoms with E-state index in [4.69, 9.17) is 5.73 Å². The second-order valence-electron chi connectivity index (χ2n) is 1.80. The third kappa shape index (κ3) is 1.07. The fourth-order valence-electron chi connectivity index (χ4n) is 0.506. The van der Waals surface area contributed by atoms with Crippen LogP contribution in [0.5, 0.6) is 0 Å². The number of nitrogens with zero attached hydrogens (tertiary/aromatic N) is 1. The predicted molar refractivity (Wildman–Crippen MR) is 34.0 cm³/mol. The van der Waals surface area contributed by atoms with Crippen molar-refractivity contribution in [1.82, 2.24) is 10.2 Å². The summed E-state index contributed by atoms with van der Waals surface area (Å²) in [5, 5.41) is 6.08. The van der Waals surface area contributed by atoms with Crippen LogP contribution in [0.4, 0.5) is 5.82 Å². The number of nitrogen functional groups attached to an aromatic ring is 1. The van der Waals surface area contributed by atoms with Gasteiger partial charge in [-0.15, -0.1) is 0 Å². The number of hydrogen-bond donors (Lipinski definition) is 2. The van der Waals surface area contributed by atoms with Crippen LogP contribution in [0.1, 0.15) is 5.69 Å². The van der Waals surface area contributed by atoms with Crippen molar-refractivity contribution in [3.05, 3.63) is 22.0 Å². The topological polar surface area (TPSA) is 71.8 Å². The van der Waals surface area contributed by atoms with Crippen molar-refractivity contribution < 1.29 is 0 Å². The minimum atomic E-state index is -0.230. The summed E-state index contributed by atoms with van der Waals surface area (Å²) < 4.78 is 0. The van der Waals surface area contributed by atoms with Gasteiger partial charge in [-0.05, 0) is 6.92 Å². The highest BCUT2D eigenvalue weighted by Gasteiger charge is 1.91. The zero-order chi connectivity index (χ0) is 6.85. The van der Waals surface area contributed by atoms with Gasteiger partial charge in [0.1, 0.15) is 0 Å². The largest absolute Gasteiger partial charge is 0.379 e. The Morgan fingerprint density at radius 3 is 2.89 bits per heavy atom. The Balaban J connectivity index is 3.34. The first-order valence-electron chi connectivity index (χ1n) is 2.52. The lowest BCUT2D eigenvalue weighted by molar-refractivity contribution is 0.979. The third-order valence-electron chi connectivity index (χ3n) is 0.953. The van der Waals surface area contributed by atoms with E-state index >= 15 is 0 Å². The molecule has 1 heterocycles. The molecule has 0 amide bonds. The Hall–Kier alpha value is -1.32. The zero-order valence-corrected chi connectivity index (χ0v) is 5.01. The number of nitrogens with two attached hydrogens (primary N) is 1. The van der Waals surface area contributed by atoms with Gasteiger partial charge in [-0.25, -0.2) is 0 Å². The molecule has 4 nitrogen and oxygen atoms in total. The summed E-state index contributed by atoms with van der Waals surface area (Å²) >= 11 is 0. The number of hydrogen-bond acceptors (Lipinski definition) is 3. The van der Waals surface area contributed by atoms with Gasteiger partial charge in [0, 0.05) is 11.8 Å². The maximum atomic E-state index is 10.6. The SMILES string of the molecule is Cc1cc(=O)c(N)n[nH]1. The number of nitrogens with one attached hydrogen (secondary N) is 1. The van der Waals surface area contributed by atoms with Crippen molar-refractivity contribution in [2.24, 2.45) is 0 Å². The van der Waals surface area contributed by atoms with Crippen LogP contribution in [-0.4, -0.2) is 10.2 Å². The zero-order valence-electron chi connectivity index (χ0n) is 5.01. The molecule has 1 aromatic heterocycles. The fourth-order valence-corrected chi connectivity index (χ4v) is 0.506. The molecule has 9 heavy (non-hydrogen) atoms.